The number of rotatable bonds is 5. The number of anilines is 1. The van der Waals surface area contributed by atoms with Gasteiger partial charge in [-0.15, -0.1) is 0 Å². The van der Waals surface area contributed by atoms with Gasteiger partial charge < -0.3 is 26.4 Å². The highest BCUT2D eigenvalue weighted by Gasteiger charge is 2.20. The topological polar surface area (TPSA) is 133 Å². The second kappa shape index (κ2) is 6.17. The van der Waals surface area contributed by atoms with Crippen LogP contribution < -0.4 is 11.1 Å². The number of carbonyl (C=O) groups is 2. The molecule has 0 aliphatic carbocycles. The van der Waals surface area contributed by atoms with E-state index in [9.17, 15) is 19.8 Å². The minimum atomic E-state index is -1.31. The first-order valence-electron chi connectivity index (χ1n) is 5.56. The van der Waals surface area contributed by atoms with Crippen molar-refractivity contribution in [1.82, 2.24) is 5.32 Å². The Kier molecular flexibility index (Phi) is 4.85. The molecule has 1 aromatic carbocycles. The van der Waals surface area contributed by atoms with Gasteiger partial charge in [-0.1, -0.05) is 6.07 Å². The van der Waals surface area contributed by atoms with Gasteiger partial charge in [0.1, 0.15) is 12.2 Å². The average Bonchev–Trinajstić information content (AvgIpc) is 2.35. The molecule has 0 saturated heterocycles. The van der Waals surface area contributed by atoms with Crippen LogP contribution in [-0.2, 0) is 4.79 Å². The van der Waals surface area contributed by atoms with E-state index in [4.69, 9.17) is 10.8 Å². The highest BCUT2D eigenvalue weighted by atomic mass is 16.4. The van der Waals surface area contributed by atoms with Crippen LogP contribution in [0.25, 0.3) is 0 Å². The van der Waals surface area contributed by atoms with Gasteiger partial charge in [0.05, 0.1) is 5.56 Å². The largest absolute Gasteiger partial charge is 0.478 e. The fourth-order valence-electron chi connectivity index (χ4n) is 1.53. The minimum absolute atomic E-state index is 0.0693. The van der Waals surface area contributed by atoms with E-state index in [1.54, 1.807) is 0 Å². The zero-order valence-corrected chi connectivity index (χ0v) is 10.3. The van der Waals surface area contributed by atoms with Crippen LogP contribution in [0.15, 0.2) is 18.2 Å². The van der Waals surface area contributed by atoms with Crippen LogP contribution in [-0.4, -0.2) is 39.8 Å². The molecule has 7 heteroatoms. The van der Waals surface area contributed by atoms with E-state index in [2.05, 4.69) is 5.32 Å². The molecule has 1 aromatic rings. The van der Waals surface area contributed by atoms with Gasteiger partial charge in [-0.05, 0) is 17.7 Å². The molecule has 0 radical (unpaired) electrons. The molecule has 0 heterocycles. The normalized spacial score (nSPS) is 13.6. The molecule has 104 valence electrons. The highest BCUT2D eigenvalue weighted by molar-refractivity contribution is 5.93. The van der Waals surface area contributed by atoms with Crippen molar-refractivity contribution in [2.75, 3.05) is 12.3 Å². The van der Waals surface area contributed by atoms with Crippen molar-refractivity contribution in [2.45, 2.75) is 19.1 Å². The molecular weight excluding hydrogens is 252 g/mol. The summed E-state index contributed by atoms with van der Waals surface area (Å²) in [5.41, 5.74) is 5.62. The summed E-state index contributed by atoms with van der Waals surface area (Å²) in [5.74, 6) is -1.56. The molecule has 19 heavy (non-hydrogen) atoms. The maximum Gasteiger partial charge on any atom is 0.337 e. The summed E-state index contributed by atoms with van der Waals surface area (Å²) in [7, 11) is 0. The third-order valence-corrected chi connectivity index (χ3v) is 2.57. The van der Waals surface area contributed by atoms with Gasteiger partial charge in [0.15, 0.2) is 0 Å². The Morgan fingerprint density at radius 3 is 2.53 bits per heavy atom. The first-order chi connectivity index (χ1) is 8.82. The number of aliphatic hydroxyl groups is 2. The standard InChI is InChI=1S/C12H16N2O5/c1-6(15)14-5-10(16)11(17)7-2-3-9(13)8(4-7)12(18)19/h2-4,10-11,16-17H,5,13H2,1H3,(H,14,15)(H,18,19). The van der Waals surface area contributed by atoms with Crippen LogP contribution in [0.1, 0.15) is 28.9 Å². The quantitative estimate of drug-likeness (QED) is 0.457. The molecule has 1 amide bonds. The lowest BCUT2D eigenvalue weighted by Crippen LogP contribution is -2.34. The number of carboxylic acids is 1. The molecule has 6 N–H and O–H groups in total. The van der Waals surface area contributed by atoms with Crippen molar-refractivity contribution in [3.05, 3.63) is 29.3 Å². The number of aliphatic hydroxyl groups excluding tert-OH is 2. The number of nitrogens with one attached hydrogen (secondary N) is 1. The van der Waals surface area contributed by atoms with E-state index < -0.39 is 18.2 Å². The number of benzene rings is 1. The van der Waals surface area contributed by atoms with Crippen molar-refractivity contribution in [1.29, 1.82) is 0 Å². The number of nitrogens with two attached hydrogens (primary N) is 1. The Labute approximate surface area is 109 Å². The maximum atomic E-state index is 10.9. The van der Waals surface area contributed by atoms with Gasteiger partial charge in [-0.25, -0.2) is 4.79 Å². The molecule has 0 saturated carbocycles. The smallest absolute Gasteiger partial charge is 0.337 e. The fraction of sp³-hybridized carbons (Fsp3) is 0.333. The molecule has 1 rings (SSSR count). The molecule has 2 unspecified atom stereocenters. The van der Waals surface area contributed by atoms with E-state index in [0.717, 1.165) is 0 Å². The van der Waals surface area contributed by atoms with Crippen molar-refractivity contribution in [2.24, 2.45) is 0 Å². The Balaban J connectivity index is 2.87. The second-order valence-corrected chi connectivity index (χ2v) is 4.10. The van der Waals surface area contributed by atoms with Crippen LogP contribution in [0.4, 0.5) is 5.69 Å². The third kappa shape index (κ3) is 3.94. The number of carboxylic acid groups (broad SMARTS) is 1. The van der Waals surface area contributed by atoms with Gasteiger partial charge in [0, 0.05) is 19.2 Å². The zero-order valence-electron chi connectivity index (χ0n) is 10.3. The van der Waals surface area contributed by atoms with E-state index in [1.807, 2.05) is 0 Å². The molecule has 0 aliphatic rings. The first kappa shape index (κ1) is 14.9. The Morgan fingerprint density at radius 1 is 1.37 bits per heavy atom. The van der Waals surface area contributed by atoms with Crippen molar-refractivity contribution in [3.8, 4) is 0 Å². The Hall–Kier alpha value is -2.12. The summed E-state index contributed by atoms with van der Waals surface area (Å²) in [4.78, 5) is 21.6. The molecular formula is C12H16N2O5. The van der Waals surface area contributed by atoms with Gasteiger partial charge in [0.2, 0.25) is 5.91 Å². The minimum Gasteiger partial charge on any atom is -0.478 e. The number of hydrogen-bond donors (Lipinski definition) is 5. The van der Waals surface area contributed by atoms with Gasteiger partial charge in [-0.2, -0.15) is 0 Å². The first-order valence-corrected chi connectivity index (χ1v) is 5.56. The number of amides is 1. The molecule has 0 fully saturated rings. The summed E-state index contributed by atoms with van der Waals surface area (Å²) in [6.45, 7) is 1.15. The van der Waals surface area contributed by atoms with Gasteiger partial charge >= 0.3 is 5.97 Å². The van der Waals surface area contributed by atoms with Crippen LogP contribution in [0, 0.1) is 0 Å². The van der Waals surface area contributed by atoms with Crippen molar-refractivity contribution in [3.63, 3.8) is 0 Å². The Bertz CT molecular complexity index is 489. The van der Waals surface area contributed by atoms with Crippen LogP contribution >= 0.6 is 0 Å². The van der Waals surface area contributed by atoms with Crippen LogP contribution in [0.3, 0.4) is 0 Å². The summed E-state index contributed by atoms with van der Waals surface area (Å²) >= 11 is 0. The predicted molar refractivity (Wildman–Crippen MR) is 67.5 cm³/mol. The maximum absolute atomic E-state index is 10.9. The summed E-state index contributed by atoms with van der Waals surface area (Å²) in [6.07, 6.45) is -2.56. The highest BCUT2D eigenvalue weighted by Crippen LogP contribution is 2.21. The molecule has 7 nitrogen and oxygen atoms in total. The van der Waals surface area contributed by atoms with E-state index in [0.29, 0.717) is 0 Å². The number of carbonyl (C=O) groups excluding carboxylic acids is 1. The monoisotopic (exact) mass is 268 g/mol. The Morgan fingerprint density at radius 2 is 2.00 bits per heavy atom. The van der Waals surface area contributed by atoms with E-state index in [1.165, 1.54) is 25.1 Å². The number of aromatic carboxylic acids is 1. The van der Waals surface area contributed by atoms with E-state index >= 15 is 0 Å². The summed E-state index contributed by atoms with van der Waals surface area (Å²) in [5, 5.41) is 30.8. The van der Waals surface area contributed by atoms with Crippen molar-refractivity contribution < 1.29 is 24.9 Å². The van der Waals surface area contributed by atoms with Crippen LogP contribution in [0.5, 0.6) is 0 Å². The average molecular weight is 268 g/mol. The van der Waals surface area contributed by atoms with E-state index in [-0.39, 0.29) is 29.3 Å². The number of nitrogen functional groups attached to an aromatic ring is 1. The third-order valence-electron chi connectivity index (χ3n) is 2.57. The van der Waals surface area contributed by atoms with Crippen LogP contribution in [0.2, 0.25) is 0 Å². The lowest BCUT2D eigenvalue weighted by molar-refractivity contribution is -0.119. The molecule has 0 aromatic heterocycles. The zero-order chi connectivity index (χ0) is 14.6. The lowest BCUT2D eigenvalue weighted by Gasteiger charge is -2.19. The van der Waals surface area contributed by atoms with Crippen molar-refractivity contribution >= 4 is 17.6 Å². The summed E-state index contributed by atoms with van der Waals surface area (Å²) in [6, 6.07) is 3.95. The fourth-order valence-corrected chi connectivity index (χ4v) is 1.53. The second-order valence-electron chi connectivity index (χ2n) is 4.10. The number of hydrogen-bond acceptors (Lipinski definition) is 5. The van der Waals surface area contributed by atoms with Gasteiger partial charge in [-0.3, -0.25) is 4.79 Å². The SMILES string of the molecule is CC(=O)NCC(O)C(O)c1ccc(N)c(C(=O)O)c1. The molecule has 0 bridgehead atoms. The lowest BCUT2D eigenvalue weighted by atomic mass is 10.0. The molecule has 0 aliphatic heterocycles. The van der Waals surface area contributed by atoms with Gasteiger partial charge in [0.25, 0.3) is 0 Å². The molecule has 2 atom stereocenters. The molecule has 0 spiro atoms. The summed E-state index contributed by atoms with van der Waals surface area (Å²) < 4.78 is 0. The predicted octanol–water partition coefficient (Wildman–Crippen LogP) is -0.503.